The van der Waals surface area contributed by atoms with Gasteiger partial charge in [0.15, 0.2) is 0 Å². The molecule has 5 nitrogen and oxygen atoms in total. The van der Waals surface area contributed by atoms with Crippen molar-refractivity contribution in [3.8, 4) is 11.5 Å². The largest absolute Gasteiger partial charge is 0.508 e. The summed E-state index contributed by atoms with van der Waals surface area (Å²) in [5.74, 6) is -0.739. The summed E-state index contributed by atoms with van der Waals surface area (Å²) in [6.07, 6.45) is 2.53. The topological polar surface area (TPSA) is 78.8 Å². The number of amides is 1. The highest BCUT2D eigenvalue weighted by Gasteiger charge is 2.10. The molecule has 0 saturated heterocycles. The van der Waals surface area contributed by atoms with Gasteiger partial charge in [0.1, 0.15) is 11.5 Å². The zero-order valence-corrected chi connectivity index (χ0v) is 10.1. The van der Waals surface area contributed by atoms with Crippen molar-refractivity contribution in [1.82, 2.24) is 5.32 Å². The number of carbonyl (C=O) groups excluding carboxylic acids is 1. The lowest BCUT2D eigenvalue weighted by molar-refractivity contribution is 0.0915. The van der Waals surface area contributed by atoms with Gasteiger partial charge in [-0.05, 0) is 18.6 Å². The molecule has 0 unspecified atom stereocenters. The van der Waals surface area contributed by atoms with Crippen LogP contribution in [0.2, 0.25) is 0 Å². The molecule has 1 amide bonds. The highest BCUT2D eigenvalue weighted by molar-refractivity contribution is 5.96. The summed E-state index contributed by atoms with van der Waals surface area (Å²) in [6.45, 7) is 4.90. The molecule has 1 aromatic rings. The number of benzene rings is 1. The Morgan fingerprint density at radius 1 is 1.39 bits per heavy atom. The highest BCUT2D eigenvalue weighted by atomic mass is 16.5. The molecule has 0 aliphatic rings. The molecule has 0 radical (unpaired) electrons. The third kappa shape index (κ3) is 4.47. The van der Waals surface area contributed by atoms with Crippen LogP contribution in [0.25, 0.3) is 0 Å². The second kappa shape index (κ2) is 7.34. The molecule has 18 heavy (non-hydrogen) atoms. The summed E-state index contributed by atoms with van der Waals surface area (Å²) < 4.78 is 5.22. The van der Waals surface area contributed by atoms with Crippen LogP contribution in [0.1, 0.15) is 16.8 Å². The number of phenols is 2. The Balaban J connectivity index is 2.34. The molecule has 0 saturated carbocycles. The lowest BCUT2D eigenvalue weighted by Gasteiger charge is -2.07. The molecule has 0 aliphatic heterocycles. The van der Waals surface area contributed by atoms with E-state index in [1.165, 1.54) is 12.1 Å². The van der Waals surface area contributed by atoms with E-state index in [-0.39, 0.29) is 17.1 Å². The predicted molar refractivity (Wildman–Crippen MR) is 67.7 cm³/mol. The fourth-order valence-electron chi connectivity index (χ4n) is 1.31. The maximum absolute atomic E-state index is 11.6. The summed E-state index contributed by atoms with van der Waals surface area (Å²) >= 11 is 0. The van der Waals surface area contributed by atoms with E-state index in [4.69, 9.17) is 9.84 Å². The number of rotatable bonds is 7. The van der Waals surface area contributed by atoms with Gasteiger partial charge < -0.3 is 20.3 Å². The molecule has 0 bridgehead atoms. The third-order valence-electron chi connectivity index (χ3n) is 2.22. The van der Waals surface area contributed by atoms with E-state index in [1.54, 1.807) is 6.08 Å². The van der Waals surface area contributed by atoms with Gasteiger partial charge in [0, 0.05) is 12.6 Å². The molecule has 5 heteroatoms. The first-order valence-electron chi connectivity index (χ1n) is 5.64. The lowest BCUT2D eigenvalue weighted by Crippen LogP contribution is -2.27. The average Bonchev–Trinajstić information content (AvgIpc) is 2.33. The van der Waals surface area contributed by atoms with Crippen LogP contribution in [0.15, 0.2) is 30.9 Å². The van der Waals surface area contributed by atoms with E-state index in [0.717, 1.165) is 12.5 Å². The zero-order valence-electron chi connectivity index (χ0n) is 10.1. The maximum Gasteiger partial charge on any atom is 0.255 e. The Bertz CT molecular complexity index is 417. The Morgan fingerprint density at radius 3 is 2.83 bits per heavy atom. The van der Waals surface area contributed by atoms with Crippen molar-refractivity contribution in [1.29, 1.82) is 0 Å². The molecule has 3 N–H and O–H groups in total. The van der Waals surface area contributed by atoms with Crippen molar-refractivity contribution in [3.05, 3.63) is 36.4 Å². The van der Waals surface area contributed by atoms with Gasteiger partial charge in [0.2, 0.25) is 0 Å². The van der Waals surface area contributed by atoms with Crippen molar-refractivity contribution in [3.63, 3.8) is 0 Å². The summed E-state index contributed by atoms with van der Waals surface area (Å²) in [4.78, 5) is 11.6. The quantitative estimate of drug-likeness (QED) is 0.506. The normalized spacial score (nSPS) is 10.0. The van der Waals surface area contributed by atoms with Gasteiger partial charge in [0.05, 0.1) is 18.8 Å². The number of aromatic hydroxyl groups is 2. The fraction of sp³-hybridized carbons (Fsp3) is 0.308. The van der Waals surface area contributed by atoms with Crippen molar-refractivity contribution in [2.45, 2.75) is 6.42 Å². The van der Waals surface area contributed by atoms with Crippen LogP contribution < -0.4 is 5.32 Å². The molecule has 0 fully saturated rings. The van der Waals surface area contributed by atoms with Crippen LogP contribution in [-0.2, 0) is 4.74 Å². The van der Waals surface area contributed by atoms with Gasteiger partial charge in [-0.25, -0.2) is 0 Å². The fourth-order valence-corrected chi connectivity index (χ4v) is 1.31. The first kappa shape index (κ1) is 14.1. The van der Waals surface area contributed by atoms with Gasteiger partial charge in [-0.3, -0.25) is 4.79 Å². The lowest BCUT2D eigenvalue weighted by atomic mass is 10.2. The number of ether oxygens (including phenoxy) is 1. The molecule has 0 atom stereocenters. The molecule has 1 rings (SSSR count). The van der Waals surface area contributed by atoms with E-state index < -0.39 is 5.91 Å². The van der Waals surface area contributed by atoms with Crippen LogP contribution in [0.5, 0.6) is 11.5 Å². The van der Waals surface area contributed by atoms with E-state index in [9.17, 15) is 9.90 Å². The number of carbonyl (C=O) groups is 1. The first-order chi connectivity index (χ1) is 8.65. The predicted octanol–water partition coefficient (Wildman–Crippen LogP) is 1.42. The monoisotopic (exact) mass is 251 g/mol. The van der Waals surface area contributed by atoms with Crippen molar-refractivity contribution < 1.29 is 19.7 Å². The van der Waals surface area contributed by atoms with E-state index >= 15 is 0 Å². The number of hydrogen-bond donors (Lipinski definition) is 3. The minimum atomic E-state index is -0.403. The van der Waals surface area contributed by atoms with E-state index in [0.29, 0.717) is 19.8 Å². The van der Waals surface area contributed by atoms with Crippen molar-refractivity contribution in [2.75, 3.05) is 19.8 Å². The molecule has 0 spiro atoms. The molecule has 98 valence electrons. The molecule has 0 aromatic heterocycles. The number of hydrogen-bond acceptors (Lipinski definition) is 4. The van der Waals surface area contributed by atoms with Crippen molar-refractivity contribution in [2.24, 2.45) is 0 Å². The molecule has 0 heterocycles. The smallest absolute Gasteiger partial charge is 0.255 e. The summed E-state index contributed by atoms with van der Waals surface area (Å²) in [7, 11) is 0. The minimum Gasteiger partial charge on any atom is -0.508 e. The molecule has 0 aliphatic carbocycles. The van der Waals surface area contributed by atoms with Gasteiger partial charge in [-0.15, -0.1) is 6.58 Å². The molecular formula is C13H17NO4. The van der Waals surface area contributed by atoms with Crippen LogP contribution in [0, 0.1) is 0 Å². The second-order valence-electron chi connectivity index (χ2n) is 3.65. The van der Waals surface area contributed by atoms with Crippen LogP contribution in [0.4, 0.5) is 0 Å². The van der Waals surface area contributed by atoms with Crippen LogP contribution in [-0.4, -0.2) is 35.9 Å². The minimum absolute atomic E-state index is 0.0863. The SMILES string of the molecule is C=CCCOCCNC(=O)c1ccc(O)cc1O. The number of nitrogens with one attached hydrogen (secondary N) is 1. The first-order valence-corrected chi connectivity index (χ1v) is 5.64. The van der Waals surface area contributed by atoms with Crippen LogP contribution >= 0.6 is 0 Å². The number of phenolic OH excluding ortho intramolecular Hbond substituents is 2. The third-order valence-corrected chi connectivity index (χ3v) is 2.22. The summed E-state index contributed by atoms with van der Waals surface area (Å²) in [5, 5.41) is 21.2. The Labute approximate surface area is 106 Å². The Hall–Kier alpha value is -2.01. The van der Waals surface area contributed by atoms with Crippen molar-refractivity contribution >= 4 is 5.91 Å². The Kier molecular flexibility index (Phi) is 5.73. The molecular weight excluding hydrogens is 234 g/mol. The highest BCUT2D eigenvalue weighted by Crippen LogP contribution is 2.22. The van der Waals surface area contributed by atoms with Gasteiger partial charge in [0.25, 0.3) is 5.91 Å². The van der Waals surface area contributed by atoms with Gasteiger partial charge >= 0.3 is 0 Å². The standard InChI is InChI=1S/C13H17NO4/c1-2-3-7-18-8-6-14-13(17)11-5-4-10(15)9-12(11)16/h2,4-5,9,15-16H,1,3,6-8H2,(H,14,17). The summed E-state index contributed by atoms with van der Waals surface area (Å²) in [6, 6.07) is 3.82. The summed E-state index contributed by atoms with van der Waals surface area (Å²) in [5.41, 5.74) is 0.124. The van der Waals surface area contributed by atoms with Gasteiger partial charge in [-0.1, -0.05) is 6.08 Å². The average molecular weight is 251 g/mol. The second-order valence-corrected chi connectivity index (χ2v) is 3.65. The molecule has 1 aromatic carbocycles. The van der Waals surface area contributed by atoms with Gasteiger partial charge in [-0.2, -0.15) is 0 Å². The Morgan fingerprint density at radius 2 is 2.17 bits per heavy atom. The van der Waals surface area contributed by atoms with E-state index in [1.807, 2.05) is 0 Å². The van der Waals surface area contributed by atoms with Crippen LogP contribution in [0.3, 0.4) is 0 Å². The van der Waals surface area contributed by atoms with E-state index in [2.05, 4.69) is 11.9 Å². The zero-order chi connectivity index (χ0) is 13.4. The maximum atomic E-state index is 11.6.